The number of unbranched alkanes of at least 4 members (excludes halogenated alkanes) is 1. The minimum atomic E-state index is -0.586. The molecule has 2 atom stereocenters. The van der Waals surface area contributed by atoms with E-state index in [9.17, 15) is 19.6 Å². The first-order chi connectivity index (χ1) is 12.6. The number of carbonyl (C=O) groups is 3. The molecule has 1 aliphatic rings. The SMILES string of the molecule is CCCCC(CN(O)C=O)C(=O)N1CCC[C@H]1C(=O)Nc1cnccn1. The van der Waals surface area contributed by atoms with Gasteiger partial charge in [-0.2, -0.15) is 0 Å². The normalized spacial score (nSPS) is 17.6. The van der Waals surface area contributed by atoms with Crippen molar-refractivity contribution in [3.63, 3.8) is 0 Å². The quantitative estimate of drug-likeness (QED) is 0.385. The van der Waals surface area contributed by atoms with Crippen molar-refractivity contribution in [2.45, 2.75) is 45.1 Å². The zero-order valence-electron chi connectivity index (χ0n) is 14.9. The highest BCUT2D eigenvalue weighted by Gasteiger charge is 2.37. The van der Waals surface area contributed by atoms with Crippen LogP contribution in [0.2, 0.25) is 0 Å². The lowest BCUT2D eigenvalue weighted by Gasteiger charge is -2.29. The van der Waals surface area contributed by atoms with E-state index in [1.54, 1.807) is 4.90 Å². The Bertz CT molecular complexity index is 612. The lowest BCUT2D eigenvalue weighted by Crippen LogP contribution is -2.47. The van der Waals surface area contributed by atoms with Gasteiger partial charge in [0.05, 0.1) is 18.7 Å². The van der Waals surface area contributed by atoms with Crippen molar-refractivity contribution in [2.24, 2.45) is 5.92 Å². The summed E-state index contributed by atoms with van der Waals surface area (Å²) in [6.07, 6.45) is 8.24. The van der Waals surface area contributed by atoms with Crippen LogP contribution in [0.4, 0.5) is 5.82 Å². The smallest absolute Gasteiger partial charge is 0.248 e. The van der Waals surface area contributed by atoms with Crippen LogP contribution in [-0.4, -0.2) is 62.5 Å². The average Bonchev–Trinajstić information content (AvgIpc) is 3.15. The fraction of sp³-hybridized carbons (Fsp3) is 0.588. The van der Waals surface area contributed by atoms with Crippen LogP contribution in [0.3, 0.4) is 0 Å². The summed E-state index contributed by atoms with van der Waals surface area (Å²) in [6, 6.07) is -0.586. The number of rotatable bonds is 9. The van der Waals surface area contributed by atoms with Gasteiger partial charge in [-0.05, 0) is 19.3 Å². The molecule has 2 N–H and O–H groups in total. The number of likely N-dealkylation sites (tertiary alicyclic amines) is 1. The predicted molar refractivity (Wildman–Crippen MR) is 93.0 cm³/mol. The van der Waals surface area contributed by atoms with Gasteiger partial charge in [-0.1, -0.05) is 19.8 Å². The fourth-order valence-electron chi connectivity index (χ4n) is 3.12. The molecule has 1 fully saturated rings. The van der Waals surface area contributed by atoms with Crippen LogP contribution < -0.4 is 5.32 Å². The third kappa shape index (κ3) is 5.22. The second-order valence-corrected chi connectivity index (χ2v) is 6.34. The Morgan fingerprint density at radius 3 is 2.96 bits per heavy atom. The van der Waals surface area contributed by atoms with Crippen LogP contribution in [0.5, 0.6) is 0 Å². The zero-order valence-corrected chi connectivity index (χ0v) is 14.9. The summed E-state index contributed by atoms with van der Waals surface area (Å²) in [7, 11) is 0. The van der Waals surface area contributed by atoms with Crippen molar-refractivity contribution in [3.05, 3.63) is 18.6 Å². The van der Waals surface area contributed by atoms with Crippen LogP contribution >= 0.6 is 0 Å². The van der Waals surface area contributed by atoms with Crippen LogP contribution in [0.1, 0.15) is 39.0 Å². The Hall–Kier alpha value is -2.55. The van der Waals surface area contributed by atoms with E-state index in [-0.39, 0.29) is 24.8 Å². The molecular weight excluding hydrogens is 338 g/mol. The molecule has 3 amide bonds. The summed E-state index contributed by atoms with van der Waals surface area (Å²) in [5.74, 6) is -0.713. The van der Waals surface area contributed by atoms with Gasteiger partial charge in [-0.25, -0.2) is 10.0 Å². The fourth-order valence-corrected chi connectivity index (χ4v) is 3.12. The van der Waals surface area contributed by atoms with E-state index in [0.29, 0.717) is 30.3 Å². The Labute approximate surface area is 152 Å². The molecule has 0 aromatic carbocycles. The molecule has 9 nitrogen and oxygen atoms in total. The number of hydrogen-bond acceptors (Lipinski definition) is 6. The predicted octanol–water partition coefficient (Wildman–Crippen LogP) is 1.06. The summed E-state index contributed by atoms with van der Waals surface area (Å²) in [6.45, 7) is 2.41. The van der Waals surface area contributed by atoms with E-state index < -0.39 is 12.0 Å². The second kappa shape index (κ2) is 9.81. The van der Waals surface area contributed by atoms with Crippen LogP contribution in [-0.2, 0) is 14.4 Å². The van der Waals surface area contributed by atoms with E-state index in [1.807, 2.05) is 6.92 Å². The molecule has 2 rings (SSSR count). The van der Waals surface area contributed by atoms with Gasteiger partial charge in [0.25, 0.3) is 0 Å². The van der Waals surface area contributed by atoms with Crippen LogP contribution in [0.15, 0.2) is 18.6 Å². The van der Waals surface area contributed by atoms with Crippen molar-refractivity contribution in [2.75, 3.05) is 18.4 Å². The van der Waals surface area contributed by atoms with E-state index in [2.05, 4.69) is 15.3 Å². The molecule has 0 radical (unpaired) electrons. The first-order valence-corrected chi connectivity index (χ1v) is 8.85. The lowest BCUT2D eigenvalue weighted by molar-refractivity contribution is -0.157. The zero-order chi connectivity index (χ0) is 18.9. The molecule has 2 heterocycles. The number of anilines is 1. The summed E-state index contributed by atoms with van der Waals surface area (Å²) < 4.78 is 0. The largest absolute Gasteiger partial charge is 0.330 e. The van der Waals surface area contributed by atoms with Gasteiger partial charge < -0.3 is 10.2 Å². The van der Waals surface area contributed by atoms with Gasteiger partial charge >= 0.3 is 0 Å². The summed E-state index contributed by atoms with van der Waals surface area (Å²) in [5.41, 5.74) is 0. The molecule has 0 bridgehead atoms. The molecule has 1 aliphatic heterocycles. The Morgan fingerprint density at radius 1 is 1.50 bits per heavy atom. The van der Waals surface area contributed by atoms with Gasteiger partial charge in [0.2, 0.25) is 18.2 Å². The number of carbonyl (C=O) groups excluding carboxylic acids is 3. The molecule has 0 saturated carbocycles. The molecule has 1 unspecified atom stereocenters. The maximum atomic E-state index is 12.9. The minimum absolute atomic E-state index is 0.0721. The van der Waals surface area contributed by atoms with Gasteiger partial charge in [0.15, 0.2) is 5.82 Å². The minimum Gasteiger partial charge on any atom is -0.330 e. The highest BCUT2D eigenvalue weighted by Crippen LogP contribution is 2.23. The number of nitrogens with one attached hydrogen (secondary N) is 1. The molecule has 1 aromatic heterocycles. The third-order valence-electron chi connectivity index (χ3n) is 4.44. The number of aromatic nitrogens is 2. The summed E-state index contributed by atoms with van der Waals surface area (Å²) in [4.78, 5) is 45.7. The van der Waals surface area contributed by atoms with Gasteiger partial charge in [0.1, 0.15) is 6.04 Å². The molecule has 1 saturated heterocycles. The van der Waals surface area contributed by atoms with E-state index in [0.717, 1.165) is 19.3 Å². The standard InChI is InChI=1S/C17H25N5O4/c1-2-3-5-13(11-21(26)12-23)17(25)22-9-4-6-14(22)16(24)20-15-10-18-7-8-19-15/h7-8,10,12-14,26H,2-6,9,11H2,1H3,(H,19,20,24)/t13?,14-/m0/s1. The van der Waals surface area contributed by atoms with Crippen molar-refractivity contribution in [3.8, 4) is 0 Å². The number of nitrogens with zero attached hydrogens (tertiary/aromatic N) is 4. The molecule has 1 aromatic rings. The van der Waals surface area contributed by atoms with Crippen LogP contribution in [0.25, 0.3) is 0 Å². The summed E-state index contributed by atoms with van der Waals surface area (Å²) in [5, 5.41) is 12.7. The van der Waals surface area contributed by atoms with E-state index in [1.165, 1.54) is 18.6 Å². The highest BCUT2D eigenvalue weighted by molar-refractivity contribution is 5.97. The maximum absolute atomic E-state index is 12.9. The van der Waals surface area contributed by atoms with E-state index in [4.69, 9.17) is 0 Å². The Kier molecular flexibility index (Phi) is 7.46. The Balaban J connectivity index is 2.06. The number of amides is 3. The van der Waals surface area contributed by atoms with Gasteiger partial charge in [-0.3, -0.25) is 24.6 Å². The van der Waals surface area contributed by atoms with Crippen molar-refractivity contribution in [1.29, 1.82) is 0 Å². The monoisotopic (exact) mass is 363 g/mol. The average molecular weight is 363 g/mol. The molecule has 9 heteroatoms. The molecule has 26 heavy (non-hydrogen) atoms. The number of hydrogen-bond donors (Lipinski definition) is 2. The second-order valence-electron chi connectivity index (χ2n) is 6.34. The topological polar surface area (TPSA) is 116 Å². The van der Waals surface area contributed by atoms with Gasteiger partial charge in [0, 0.05) is 18.9 Å². The lowest BCUT2D eigenvalue weighted by atomic mass is 9.99. The van der Waals surface area contributed by atoms with E-state index >= 15 is 0 Å². The van der Waals surface area contributed by atoms with Crippen molar-refractivity contribution in [1.82, 2.24) is 19.9 Å². The molecule has 0 spiro atoms. The number of hydroxylamine groups is 2. The Morgan fingerprint density at radius 2 is 2.31 bits per heavy atom. The van der Waals surface area contributed by atoms with Crippen LogP contribution in [0, 0.1) is 5.92 Å². The first-order valence-electron chi connectivity index (χ1n) is 8.85. The maximum Gasteiger partial charge on any atom is 0.248 e. The highest BCUT2D eigenvalue weighted by atomic mass is 16.5. The molecule has 142 valence electrons. The summed E-state index contributed by atoms with van der Waals surface area (Å²) >= 11 is 0. The van der Waals surface area contributed by atoms with Gasteiger partial charge in [-0.15, -0.1) is 0 Å². The third-order valence-corrected chi connectivity index (χ3v) is 4.44. The first kappa shape index (κ1) is 19.8. The molecule has 0 aliphatic carbocycles. The van der Waals surface area contributed by atoms with Crippen molar-refractivity contribution >= 4 is 24.0 Å². The molecular formula is C17H25N5O4. The van der Waals surface area contributed by atoms with Crippen molar-refractivity contribution < 1.29 is 19.6 Å².